The van der Waals surface area contributed by atoms with Gasteiger partial charge in [0.1, 0.15) is 0 Å². The van der Waals surface area contributed by atoms with Crippen molar-refractivity contribution in [1.29, 1.82) is 0 Å². The standard InChI is InChI=1S/C7H20N2O2Si/c1-7(2,3)9-12(8-4,10-5)11-6/h8-9H,1-6H3. The van der Waals surface area contributed by atoms with Gasteiger partial charge in [-0.05, 0) is 27.8 Å². The molecule has 0 aromatic heterocycles. The summed E-state index contributed by atoms with van der Waals surface area (Å²) < 4.78 is 10.6. The molecule has 0 heterocycles. The molecule has 0 aliphatic rings. The Morgan fingerprint density at radius 1 is 1.08 bits per heavy atom. The fraction of sp³-hybridized carbons (Fsp3) is 1.00. The molecule has 0 spiro atoms. The molecular weight excluding hydrogens is 172 g/mol. The predicted molar refractivity (Wildman–Crippen MR) is 51.7 cm³/mol. The monoisotopic (exact) mass is 192 g/mol. The first kappa shape index (κ1) is 12.1. The average molecular weight is 192 g/mol. The summed E-state index contributed by atoms with van der Waals surface area (Å²) >= 11 is 0. The summed E-state index contributed by atoms with van der Waals surface area (Å²) in [5, 5.41) is 0. The lowest BCUT2D eigenvalue weighted by atomic mass is 10.1. The number of hydrogen-bond donors (Lipinski definition) is 2. The SMILES string of the molecule is CN[Si](NC(C)(C)C)(OC)OC. The number of rotatable bonds is 4. The van der Waals surface area contributed by atoms with Crippen LogP contribution in [0, 0.1) is 0 Å². The summed E-state index contributed by atoms with van der Waals surface area (Å²) in [6.45, 7) is 6.22. The van der Waals surface area contributed by atoms with Crippen LogP contribution in [-0.4, -0.2) is 35.7 Å². The van der Waals surface area contributed by atoms with Gasteiger partial charge in [-0.15, -0.1) is 0 Å². The second kappa shape index (κ2) is 4.34. The Morgan fingerprint density at radius 2 is 1.50 bits per heavy atom. The van der Waals surface area contributed by atoms with Gasteiger partial charge < -0.3 is 8.85 Å². The van der Waals surface area contributed by atoms with Gasteiger partial charge in [0, 0.05) is 19.8 Å². The van der Waals surface area contributed by atoms with Crippen molar-refractivity contribution in [3.63, 3.8) is 0 Å². The summed E-state index contributed by atoms with van der Waals surface area (Å²) in [6, 6.07) is 0. The molecule has 0 radical (unpaired) electrons. The zero-order chi connectivity index (χ0) is 9.83. The van der Waals surface area contributed by atoms with Gasteiger partial charge in [-0.1, -0.05) is 0 Å². The highest BCUT2D eigenvalue weighted by atomic mass is 28.4. The Labute approximate surface area is 76.0 Å². The minimum absolute atomic E-state index is 0.0126. The zero-order valence-corrected chi connectivity index (χ0v) is 9.82. The highest BCUT2D eigenvalue weighted by Crippen LogP contribution is 2.05. The van der Waals surface area contributed by atoms with Gasteiger partial charge in [-0.25, -0.2) is 0 Å². The average Bonchev–Trinajstić information content (AvgIpc) is 1.99. The summed E-state index contributed by atoms with van der Waals surface area (Å²) in [5.41, 5.74) is -0.0126. The lowest BCUT2D eigenvalue weighted by Crippen LogP contribution is -2.69. The van der Waals surface area contributed by atoms with Crippen LogP contribution in [0.5, 0.6) is 0 Å². The first-order chi connectivity index (χ1) is 5.39. The molecule has 0 aliphatic heterocycles. The molecule has 5 heteroatoms. The van der Waals surface area contributed by atoms with E-state index in [-0.39, 0.29) is 5.54 Å². The summed E-state index contributed by atoms with van der Waals surface area (Å²) in [6.07, 6.45) is 0. The van der Waals surface area contributed by atoms with Gasteiger partial charge in [0.2, 0.25) is 0 Å². The molecule has 0 saturated carbocycles. The third kappa shape index (κ3) is 3.64. The quantitative estimate of drug-likeness (QED) is 0.630. The molecule has 0 rings (SSSR count). The van der Waals surface area contributed by atoms with Gasteiger partial charge in [-0.3, -0.25) is 9.96 Å². The summed E-state index contributed by atoms with van der Waals surface area (Å²) in [4.78, 5) is 6.36. The molecule has 0 aliphatic carbocycles. The van der Waals surface area contributed by atoms with Crippen LogP contribution < -0.4 is 9.96 Å². The van der Waals surface area contributed by atoms with Crippen molar-refractivity contribution in [2.75, 3.05) is 21.3 Å². The molecule has 4 nitrogen and oxygen atoms in total. The van der Waals surface area contributed by atoms with Crippen molar-refractivity contribution in [1.82, 2.24) is 9.96 Å². The van der Waals surface area contributed by atoms with Crippen molar-refractivity contribution in [3.05, 3.63) is 0 Å². The van der Waals surface area contributed by atoms with Crippen molar-refractivity contribution < 1.29 is 8.85 Å². The van der Waals surface area contributed by atoms with Crippen molar-refractivity contribution in [2.24, 2.45) is 0 Å². The van der Waals surface area contributed by atoms with Crippen LogP contribution in [0.3, 0.4) is 0 Å². The van der Waals surface area contributed by atoms with E-state index in [1.165, 1.54) is 0 Å². The second-order valence-electron chi connectivity index (χ2n) is 3.65. The molecule has 12 heavy (non-hydrogen) atoms. The molecule has 0 aromatic rings. The van der Waals surface area contributed by atoms with E-state index in [0.717, 1.165) is 0 Å². The fourth-order valence-electron chi connectivity index (χ4n) is 0.946. The van der Waals surface area contributed by atoms with E-state index in [9.17, 15) is 0 Å². The summed E-state index contributed by atoms with van der Waals surface area (Å²) in [7, 11) is 2.77. The minimum Gasteiger partial charge on any atom is -0.374 e. The van der Waals surface area contributed by atoms with E-state index in [1.54, 1.807) is 14.2 Å². The third-order valence-electron chi connectivity index (χ3n) is 1.44. The molecule has 0 amide bonds. The predicted octanol–water partition coefficient (Wildman–Crippen LogP) is 0.322. The van der Waals surface area contributed by atoms with Gasteiger partial charge in [0.15, 0.2) is 0 Å². The Morgan fingerprint density at radius 3 is 1.58 bits per heavy atom. The topological polar surface area (TPSA) is 42.5 Å². The molecule has 0 bridgehead atoms. The Balaban J connectivity index is 4.30. The molecule has 0 aromatic carbocycles. The number of nitrogens with one attached hydrogen (secondary N) is 2. The van der Waals surface area contributed by atoms with Gasteiger partial charge in [0.25, 0.3) is 0 Å². The van der Waals surface area contributed by atoms with Gasteiger partial charge in [0.05, 0.1) is 0 Å². The van der Waals surface area contributed by atoms with Crippen LogP contribution in [0.15, 0.2) is 0 Å². The third-order valence-corrected chi connectivity index (χ3v) is 4.33. The van der Waals surface area contributed by atoms with E-state index in [4.69, 9.17) is 8.85 Å². The highest BCUT2D eigenvalue weighted by Gasteiger charge is 2.39. The van der Waals surface area contributed by atoms with Crippen molar-refractivity contribution in [3.8, 4) is 0 Å². The first-order valence-electron chi connectivity index (χ1n) is 3.97. The molecule has 74 valence electrons. The highest BCUT2D eigenvalue weighted by molar-refractivity contribution is 6.62. The maximum Gasteiger partial charge on any atom is 0.516 e. The lowest BCUT2D eigenvalue weighted by molar-refractivity contribution is 0.202. The minimum atomic E-state index is -2.35. The van der Waals surface area contributed by atoms with Crippen LogP contribution in [0.1, 0.15) is 20.8 Å². The Bertz CT molecular complexity index is 124. The van der Waals surface area contributed by atoms with Crippen LogP contribution in [0.2, 0.25) is 0 Å². The lowest BCUT2D eigenvalue weighted by Gasteiger charge is -2.33. The van der Waals surface area contributed by atoms with E-state index < -0.39 is 8.88 Å². The van der Waals surface area contributed by atoms with Crippen LogP contribution in [-0.2, 0) is 8.85 Å². The largest absolute Gasteiger partial charge is 0.516 e. The normalized spacial score (nSPS) is 13.5. The first-order valence-corrected chi connectivity index (χ1v) is 5.79. The molecule has 0 saturated heterocycles. The van der Waals surface area contributed by atoms with Crippen LogP contribution in [0.4, 0.5) is 0 Å². The zero-order valence-electron chi connectivity index (χ0n) is 8.82. The molecule has 0 unspecified atom stereocenters. The molecule has 2 N–H and O–H groups in total. The Hall–Kier alpha value is 0.0569. The van der Waals surface area contributed by atoms with E-state index in [1.807, 2.05) is 7.05 Å². The maximum absolute atomic E-state index is 5.31. The Kier molecular flexibility index (Phi) is 4.36. The van der Waals surface area contributed by atoms with Crippen LogP contribution >= 0.6 is 0 Å². The fourth-order valence-corrected chi connectivity index (χ4v) is 2.84. The van der Waals surface area contributed by atoms with E-state index in [2.05, 4.69) is 30.7 Å². The smallest absolute Gasteiger partial charge is 0.374 e. The molecule has 0 fully saturated rings. The van der Waals surface area contributed by atoms with E-state index in [0.29, 0.717) is 0 Å². The van der Waals surface area contributed by atoms with Crippen molar-refractivity contribution in [2.45, 2.75) is 26.3 Å². The maximum atomic E-state index is 5.31. The molecular formula is C7H20N2O2Si. The van der Waals surface area contributed by atoms with Gasteiger partial charge in [-0.2, -0.15) is 0 Å². The van der Waals surface area contributed by atoms with Crippen LogP contribution in [0.25, 0.3) is 0 Å². The van der Waals surface area contributed by atoms with E-state index >= 15 is 0 Å². The number of hydrogen-bond acceptors (Lipinski definition) is 4. The van der Waals surface area contributed by atoms with Gasteiger partial charge >= 0.3 is 8.88 Å². The second-order valence-corrected chi connectivity index (χ2v) is 6.45. The molecule has 0 atom stereocenters. The van der Waals surface area contributed by atoms with Crippen molar-refractivity contribution >= 4 is 8.88 Å². The summed E-state index contributed by atoms with van der Waals surface area (Å²) in [5.74, 6) is 0.